The normalized spacial score (nSPS) is 9.58. The summed E-state index contributed by atoms with van der Waals surface area (Å²) in [5.41, 5.74) is 5.51. The van der Waals surface area contributed by atoms with Crippen LogP contribution in [0.5, 0.6) is 0 Å². The van der Waals surface area contributed by atoms with Gasteiger partial charge in [-0.05, 0) is 25.0 Å². The lowest BCUT2D eigenvalue weighted by molar-refractivity contribution is 0.111. The summed E-state index contributed by atoms with van der Waals surface area (Å²) in [5.74, 6) is 0. The molecule has 0 aliphatic rings. The van der Waals surface area contributed by atoms with Crippen LogP contribution in [0.1, 0.15) is 56.2 Å². The number of benzene rings is 1. The fraction of sp³-hybridized carbons (Fsp3) is 0.333. The molecule has 3 nitrogen and oxygen atoms in total. The standard InChI is InChI=1S/C17H16N2O.2C2H6/c1-3-13-6-9-16-18-17(15(11-20)19(16)10-13)14-7-4-12(2)5-8-14;2*1-2/h4-11H,3H2,1-2H3;2*1-2H3. The van der Waals surface area contributed by atoms with Gasteiger partial charge >= 0.3 is 0 Å². The van der Waals surface area contributed by atoms with Crippen LogP contribution in [0.15, 0.2) is 42.6 Å². The summed E-state index contributed by atoms with van der Waals surface area (Å²) in [5, 5.41) is 0. The number of imidazole rings is 1. The molecule has 2 aromatic heterocycles. The molecule has 0 saturated heterocycles. The molecule has 0 atom stereocenters. The maximum atomic E-state index is 11.5. The molecule has 0 aliphatic carbocycles. The molecule has 2 heterocycles. The molecule has 0 amide bonds. The highest BCUT2D eigenvalue weighted by Crippen LogP contribution is 2.24. The SMILES string of the molecule is CC.CC.CCc1ccc2nc(-c3ccc(C)cc3)c(C=O)n2c1. The molecule has 24 heavy (non-hydrogen) atoms. The van der Waals surface area contributed by atoms with E-state index >= 15 is 0 Å². The molecule has 1 aromatic carbocycles. The second-order valence-corrected chi connectivity index (χ2v) is 4.95. The van der Waals surface area contributed by atoms with Crippen molar-refractivity contribution < 1.29 is 4.79 Å². The van der Waals surface area contributed by atoms with Crippen LogP contribution >= 0.6 is 0 Å². The number of nitrogens with zero attached hydrogens (tertiary/aromatic N) is 2. The van der Waals surface area contributed by atoms with Crippen molar-refractivity contribution in [2.75, 3.05) is 0 Å². The van der Waals surface area contributed by atoms with Gasteiger partial charge in [0.1, 0.15) is 17.0 Å². The first kappa shape index (κ1) is 19.6. The topological polar surface area (TPSA) is 34.4 Å². The maximum absolute atomic E-state index is 11.5. The Kier molecular flexibility index (Phi) is 7.90. The van der Waals surface area contributed by atoms with E-state index < -0.39 is 0 Å². The van der Waals surface area contributed by atoms with Crippen molar-refractivity contribution in [3.63, 3.8) is 0 Å². The van der Waals surface area contributed by atoms with Crippen molar-refractivity contribution in [3.8, 4) is 11.3 Å². The molecule has 0 bridgehead atoms. The summed E-state index contributed by atoms with van der Waals surface area (Å²) >= 11 is 0. The molecule has 0 radical (unpaired) electrons. The Morgan fingerprint density at radius 2 is 1.62 bits per heavy atom. The fourth-order valence-corrected chi connectivity index (χ4v) is 2.35. The van der Waals surface area contributed by atoms with Crippen LogP contribution < -0.4 is 0 Å². The summed E-state index contributed by atoms with van der Waals surface area (Å²) in [6, 6.07) is 12.1. The lowest BCUT2D eigenvalue weighted by Gasteiger charge is -2.01. The van der Waals surface area contributed by atoms with Crippen LogP contribution in [-0.4, -0.2) is 15.7 Å². The van der Waals surface area contributed by atoms with Crippen molar-refractivity contribution in [2.45, 2.75) is 48.0 Å². The number of pyridine rings is 1. The van der Waals surface area contributed by atoms with Gasteiger partial charge < -0.3 is 0 Å². The van der Waals surface area contributed by atoms with Gasteiger partial charge in [-0.3, -0.25) is 9.20 Å². The molecule has 0 spiro atoms. The molecule has 0 saturated carbocycles. The van der Waals surface area contributed by atoms with Gasteiger partial charge in [-0.1, -0.05) is 70.5 Å². The van der Waals surface area contributed by atoms with E-state index in [1.54, 1.807) is 0 Å². The van der Waals surface area contributed by atoms with Crippen molar-refractivity contribution in [3.05, 3.63) is 59.4 Å². The van der Waals surface area contributed by atoms with Crippen molar-refractivity contribution in [1.29, 1.82) is 0 Å². The molecule has 3 rings (SSSR count). The number of hydrogen-bond acceptors (Lipinski definition) is 2. The number of aldehydes is 1. The largest absolute Gasteiger partial charge is 0.296 e. The average molecular weight is 324 g/mol. The zero-order valence-electron chi connectivity index (χ0n) is 15.6. The van der Waals surface area contributed by atoms with Crippen LogP contribution in [0, 0.1) is 6.92 Å². The van der Waals surface area contributed by atoms with Gasteiger partial charge in [-0.25, -0.2) is 4.98 Å². The first-order valence-electron chi connectivity index (χ1n) is 8.76. The Balaban J connectivity index is 0.000000671. The van der Waals surface area contributed by atoms with E-state index in [1.807, 2.05) is 75.5 Å². The quantitative estimate of drug-likeness (QED) is 0.576. The number of carbonyl (C=O) groups excluding carboxylic acids is 1. The van der Waals surface area contributed by atoms with Crippen molar-refractivity contribution >= 4 is 11.9 Å². The third-order valence-electron chi connectivity index (χ3n) is 3.56. The third-order valence-corrected chi connectivity index (χ3v) is 3.56. The summed E-state index contributed by atoms with van der Waals surface area (Å²) in [6.45, 7) is 12.1. The first-order valence-corrected chi connectivity index (χ1v) is 8.76. The van der Waals surface area contributed by atoms with E-state index in [1.165, 1.54) is 11.1 Å². The number of fused-ring (bicyclic) bond motifs is 1. The van der Waals surface area contributed by atoms with Gasteiger partial charge in [0.15, 0.2) is 6.29 Å². The van der Waals surface area contributed by atoms with Crippen LogP contribution in [0.25, 0.3) is 16.9 Å². The molecular formula is C21H28N2O. The summed E-state index contributed by atoms with van der Waals surface area (Å²) in [4.78, 5) is 16.1. The average Bonchev–Trinajstić information content (AvgIpc) is 3.03. The Hall–Kier alpha value is -2.42. The van der Waals surface area contributed by atoms with Crippen LogP contribution in [0.4, 0.5) is 0 Å². The third kappa shape index (κ3) is 4.10. The molecular weight excluding hydrogens is 296 g/mol. The van der Waals surface area contributed by atoms with Gasteiger partial charge in [-0.15, -0.1) is 0 Å². The second kappa shape index (κ2) is 9.66. The smallest absolute Gasteiger partial charge is 0.169 e. The summed E-state index contributed by atoms with van der Waals surface area (Å²) < 4.78 is 1.88. The fourth-order valence-electron chi connectivity index (χ4n) is 2.35. The van der Waals surface area contributed by atoms with Gasteiger partial charge in [0.05, 0.1) is 0 Å². The van der Waals surface area contributed by atoms with E-state index in [0.717, 1.165) is 29.6 Å². The lowest BCUT2D eigenvalue weighted by atomic mass is 10.1. The van der Waals surface area contributed by atoms with Gasteiger partial charge in [0.2, 0.25) is 0 Å². The van der Waals surface area contributed by atoms with E-state index in [9.17, 15) is 4.79 Å². The molecule has 128 valence electrons. The van der Waals surface area contributed by atoms with E-state index in [2.05, 4.69) is 18.0 Å². The molecule has 3 aromatic rings. The zero-order chi connectivity index (χ0) is 18.1. The van der Waals surface area contributed by atoms with E-state index in [0.29, 0.717) is 5.69 Å². The Morgan fingerprint density at radius 1 is 1.00 bits per heavy atom. The Bertz CT molecular complexity index is 770. The molecule has 0 N–H and O–H groups in total. The monoisotopic (exact) mass is 324 g/mol. The van der Waals surface area contributed by atoms with Gasteiger partial charge in [0, 0.05) is 11.8 Å². The Labute approximate surface area is 145 Å². The molecule has 3 heteroatoms. The van der Waals surface area contributed by atoms with Crippen LogP contribution in [0.2, 0.25) is 0 Å². The number of carbonyl (C=O) groups is 1. The number of hydrogen-bond donors (Lipinski definition) is 0. The number of aryl methyl sites for hydroxylation is 2. The first-order chi connectivity index (χ1) is 11.7. The second-order valence-electron chi connectivity index (χ2n) is 4.95. The highest BCUT2D eigenvalue weighted by atomic mass is 16.1. The van der Waals surface area contributed by atoms with Crippen molar-refractivity contribution in [2.24, 2.45) is 0 Å². The predicted octanol–water partition coefficient (Wildman–Crippen LogP) is 5.74. The van der Waals surface area contributed by atoms with Gasteiger partial charge in [0.25, 0.3) is 0 Å². The Morgan fingerprint density at radius 3 is 2.17 bits per heavy atom. The van der Waals surface area contributed by atoms with E-state index in [-0.39, 0.29) is 0 Å². The van der Waals surface area contributed by atoms with Crippen LogP contribution in [-0.2, 0) is 6.42 Å². The molecule has 0 fully saturated rings. The van der Waals surface area contributed by atoms with E-state index in [4.69, 9.17) is 0 Å². The minimum Gasteiger partial charge on any atom is -0.296 e. The lowest BCUT2D eigenvalue weighted by Crippen LogP contribution is -1.94. The highest BCUT2D eigenvalue weighted by molar-refractivity contribution is 5.86. The van der Waals surface area contributed by atoms with Gasteiger partial charge in [-0.2, -0.15) is 0 Å². The minimum absolute atomic E-state index is 0.610. The zero-order valence-corrected chi connectivity index (χ0v) is 15.6. The summed E-state index contributed by atoms with van der Waals surface area (Å²) in [6.07, 6.45) is 3.81. The summed E-state index contributed by atoms with van der Waals surface area (Å²) in [7, 11) is 0. The number of aromatic nitrogens is 2. The van der Waals surface area contributed by atoms with Crippen LogP contribution in [0.3, 0.4) is 0 Å². The predicted molar refractivity (Wildman–Crippen MR) is 103 cm³/mol. The van der Waals surface area contributed by atoms with Crippen molar-refractivity contribution in [1.82, 2.24) is 9.38 Å². The molecule has 0 aliphatic heterocycles. The minimum atomic E-state index is 0.610. The maximum Gasteiger partial charge on any atom is 0.169 e. The number of rotatable bonds is 3. The molecule has 0 unspecified atom stereocenters. The highest BCUT2D eigenvalue weighted by Gasteiger charge is 2.13.